The maximum Gasteiger partial charge on any atom is 0.352 e. The first-order valence-electron chi connectivity index (χ1n) is 5.86. The van der Waals surface area contributed by atoms with Crippen molar-refractivity contribution in [2.45, 2.75) is 45.0 Å². The Morgan fingerprint density at radius 1 is 1.56 bits per heavy atom. The molecule has 1 aliphatic heterocycles. The molecule has 0 amide bonds. The number of aliphatic hydroxyl groups is 1. The van der Waals surface area contributed by atoms with Gasteiger partial charge in [0.2, 0.25) is 0 Å². The molecule has 102 valence electrons. The van der Waals surface area contributed by atoms with Gasteiger partial charge in [-0.1, -0.05) is 6.92 Å². The lowest BCUT2D eigenvalue weighted by Crippen LogP contribution is -2.29. The fraction of sp³-hybridized carbons (Fsp3) is 0.538. The van der Waals surface area contributed by atoms with Gasteiger partial charge >= 0.3 is 5.97 Å². The average molecular weight is 271 g/mol. The predicted molar refractivity (Wildman–Crippen MR) is 76.5 cm³/mol. The number of carbonyl (C=O) groups is 1. The SMILES string of the molecule is C[C@H](CC(=N)C(=O)OC(C)(C)C)[SH]1C=CC(O)=C1. The number of hydrogen-bond acceptors (Lipinski definition) is 4. The molecule has 0 aromatic carbocycles. The molecule has 5 heteroatoms. The largest absolute Gasteiger partial charge is 0.507 e. The standard InChI is InChI=1S/C13H21NO3S/c1-9(18-6-5-10(15)8-18)7-11(14)12(16)17-13(2,3)4/h5-6,8-9,14-15,18H,7H2,1-4H3/t9-/m1/s1. The molecule has 2 atom stereocenters. The van der Waals surface area contributed by atoms with Gasteiger partial charge in [-0.05, 0) is 42.9 Å². The lowest BCUT2D eigenvalue weighted by atomic mass is 10.1. The molecular formula is C13H21NO3S. The van der Waals surface area contributed by atoms with Crippen LogP contribution in [0.2, 0.25) is 0 Å². The quantitative estimate of drug-likeness (QED) is 0.418. The van der Waals surface area contributed by atoms with E-state index in [-0.39, 0.29) is 16.7 Å². The summed E-state index contributed by atoms with van der Waals surface area (Å²) >= 11 is 0. The van der Waals surface area contributed by atoms with Gasteiger partial charge in [-0.15, -0.1) is 0 Å². The first-order chi connectivity index (χ1) is 8.19. The number of esters is 1. The Balaban J connectivity index is 2.50. The number of carbonyl (C=O) groups excluding carboxylic acids is 1. The Morgan fingerprint density at radius 2 is 2.17 bits per heavy atom. The van der Waals surface area contributed by atoms with E-state index in [2.05, 4.69) is 0 Å². The second-order valence-corrected chi connectivity index (χ2v) is 7.68. The number of aliphatic hydroxyl groups excluding tert-OH is 1. The van der Waals surface area contributed by atoms with Crippen LogP contribution in [-0.2, 0) is 9.53 Å². The van der Waals surface area contributed by atoms with E-state index in [1.54, 1.807) is 32.3 Å². The minimum absolute atomic E-state index is 0.00638. The molecule has 18 heavy (non-hydrogen) atoms. The van der Waals surface area contributed by atoms with Gasteiger partial charge < -0.3 is 9.84 Å². The van der Waals surface area contributed by atoms with Crippen LogP contribution in [0.15, 0.2) is 22.7 Å². The van der Waals surface area contributed by atoms with Crippen molar-refractivity contribution >= 4 is 22.6 Å². The molecular weight excluding hydrogens is 250 g/mol. The molecule has 1 unspecified atom stereocenters. The average Bonchev–Trinajstić information content (AvgIpc) is 2.62. The number of ether oxygens (including phenoxy) is 1. The van der Waals surface area contributed by atoms with E-state index in [1.807, 2.05) is 12.3 Å². The topological polar surface area (TPSA) is 70.4 Å². The Kier molecular flexibility index (Phi) is 4.62. The smallest absolute Gasteiger partial charge is 0.352 e. The number of hydrogen-bond donors (Lipinski definition) is 3. The van der Waals surface area contributed by atoms with Crippen molar-refractivity contribution in [3.8, 4) is 0 Å². The molecule has 0 fully saturated rings. The molecule has 0 spiro atoms. The predicted octanol–water partition coefficient (Wildman–Crippen LogP) is 3.05. The number of nitrogens with one attached hydrogen (secondary N) is 1. The van der Waals surface area contributed by atoms with Crippen LogP contribution in [0.5, 0.6) is 0 Å². The monoisotopic (exact) mass is 271 g/mol. The van der Waals surface area contributed by atoms with E-state index < -0.39 is 22.5 Å². The van der Waals surface area contributed by atoms with Gasteiger partial charge in [-0.3, -0.25) is 5.41 Å². The first kappa shape index (κ1) is 14.8. The Hall–Kier alpha value is -1.23. The molecule has 0 aromatic rings. The zero-order valence-electron chi connectivity index (χ0n) is 11.2. The molecule has 4 nitrogen and oxygen atoms in total. The highest BCUT2D eigenvalue weighted by Crippen LogP contribution is 2.41. The van der Waals surface area contributed by atoms with Crippen molar-refractivity contribution in [3.63, 3.8) is 0 Å². The van der Waals surface area contributed by atoms with Crippen LogP contribution in [0.4, 0.5) is 0 Å². The molecule has 0 bridgehead atoms. The van der Waals surface area contributed by atoms with E-state index in [0.717, 1.165) is 0 Å². The third-order valence-corrected chi connectivity index (χ3v) is 4.61. The molecule has 0 aliphatic carbocycles. The summed E-state index contributed by atoms with van der Waals surface area (Å²) in [7, 11) is -0.577. The second-order valence-electron chi connectivity index (χ2n) is 5.35. The van der Waals surface area contributed by atoms with Crippen molar-refractivity contribution < 1.29 is 14.6 Å². The molecule has 0 radical (unpaired) electrons. The Morgan fingerprint density at radius 3 is 2.61 bits per heavy atom. The normalized spacial score (nSPS) is 22.4. The van der Waals surface area contributed by atoms with Crippen LogP contribution in [0.3, 0.4) is 0 Å². The van der Waals surface area contributed by atoms with Crippen LogP contribution >= 0.6 is 10.9 Å². The summed E-state index contributed by atoms with van der Waals surface area (Å²) in [6.07, 6.45) is 2.04. The van der Waals surface area contributed by atoms with E-state index in [9.17, 15) is 9.90 Å². The van der Waals surface area contributed by atoms with Crippen LogP contribution < -0.4 is 0 Å². The van der Waals surface area contributed by atoms with Crippen molar-refractivity contribution in [2.24, 2.45) is 0 Å². The summed E-state index contributed by atoms with van der Waals surface area (Å²) in [6.45, 7) is 7.33. The molecule has 1 aliphatic rings. The summed E-state index contributed by atoms with van der Waals surface area (Å²) in [5.74, 6) is -0.280. The van der Waals surface area contributed by atoms with E-state index in [4.69, 9.17) is 10.1 Å². The molecule has 1 heterocycles. The summed E-state index contributed by atoms with van der Waals surface area (Å²) in [5, 5.41) is 20.9. The third-order valence-electron chi connectivity index (χ3n) is 2.35. The minimum Gasteiger partial charge on any atom is -0.507 e. The number of allylic oxidation sites excluding steroid dienone is 1. The van der Waals surface area contributed by atoms with Crippen LogP contribution in [0.1, 0.15) is 34.1 Å². The Bertz CT molecular complexity index is 407. The molecule has 0 aromatic heterocycles. The Labute approximate surface area is 111 Å². The number of rotatable bonds is 4. The molecule has 1 rings (SSSR count). The summed E-state index contributed by atoms with van der Waals surface area (Å²) < 4.78 is 5.15. The summed E-state index contributed by atoms with van der Waals surface area (Å²) in [5.41, 5.74) is -0.572. The van der Waals surface area contributed by atoms with Crippen molar-refractivity contribution in [1.82, 2.24) is 0 Å². The van der Waals surface area contributed by atoms with Crippen molar-refractivity contribution in [2.75, 3.05) is 0 Å². The zero-order chi connectivity index (χ0) is 13.9. The van der Waals surface area contributed by atoms with Gasteiger partial charge in [-0.25, -0.2) is 15.7 Å². The third kappa shape index (κ3) is 4.56. The van der Waals surface area contributed by atoms with E-state index >= 15 is 0 Å². The highest BCUT2D eigenvalue weighted by atomic mass is 32.2. The van der Waals surface area contributed by atoms with E-state index in [1.165, 1.54) is 0 Å². The number of thiol groups is 1. The zero-order valence-corrected chi connectivity index (χ0v) is 12.1. The van der Waals surface area contributed by atoms with Crippen LogP contribution in [0.25, 0.3) is 0 Å². The lowest BCUT2D eigenvalue weighted by Gasteiger charge is -2.22. The first-order valence-corrected chi connectivity index (χ1v) is 7.41. The summed E-state index contributed by atoms with van der Waals surface area (Å²) in [4.78, 5) is 11.7. The van der Waals surface area contributed by atoms with Gasteiger partial charge in [0.15, 0.2) is 0 Å². The molecule has 0 saturated heterocycles. The van der Waals surface area contributed by atoms with Crippen LogP contribution in [-0.4, -0.2) is 27.6 Å². The fourth-order valence-electron chi connectivity index (χ4n) is 1.50. The van der Waals surface area contributed by atoms with Crippen molar-refractivity contribution in [1.29, 1.82) is 5.41 Å². The minimum atomic E-state index is -0.577. The summed E-state index contributed by atoms with van der Waals surface area (Å²) in [6, 6.07) is 0. The van der Waals surface area contributed by atoms with Gasteiger partial charge in [0.05, 0.1) is 0 Å². The maximum atomic E-state index is 11.7. The van der Waals surface area contributed by atoms with E-state index in [0.29, 0.717) is 6.42 Å². The maximum absolute atomic E-state index is 11.7. The van der Waals surface area contributed by atoms with Gasteiger partial charge in [-0.2, -0.15) is 0 Å². The molecule has 2 N–H and O–H groups in total. The highest BCUT2D eigenvalue weighted by molar-refractivity contribution is 8.22. The van der Waals surface area contributed by atoms with Gasteiger partial charge in [0.1, 0.15) is 17.1 Å². The fourth-order valence-corrected chi connectivity index (χ4v) is 3.24. The second kappa shape index (κ2) is 5.61. The van der Waals surface area contributed by atoms with Gasteiger partial charge in [0, 0.05) is 6.42 Å². The van der Waals surface area contributed by atoms with Gasteiger partial charge in [0.25, 0.3) is 0 Å². The van der Waals surface area contributed by atoms with Crippen molar-refractivity contribution in [3.05, 3.63) is 22.7 Å². The molecule has 0 saturated carbocycles. The lowest BCUT2D eigenvalue weighted by molar-refractivity contribution is -0.146. The van der Waals surface area contributed by atoms with Crippen LogP contribution in [0, 0.1) is 5.41 Å². The highest BCUT2D eigenvalue weighted by Gasteiger charge is 2.23.